The fraction of sp³-hybridized carbons (Fsp3) is 0.714. The van der Waals surface area contributed by atoms with Crippen LogP contribution in [0.25, 0.3) is 11.2 Å². The third-order valence-corrected chi connectivity index (χ3v) is 7.10. The van der Waals surface area contributed by atoms with Crippen molar-refractivity contribution in [2.75, 3.05) is 37.9 Å². The van der Waals surface area contributed by atoms with E-state index < -0.39 is 31.2 Å². The van der Waals surface area contributed by atoms with E-state index in [0.29, 0.717) is 17.0 Å². The first-order valence-corrected chi connectivity index (χ1v) is 13.9. The van der Waals surface area contributed by atoms with Crippen molar-refractivity contribution in [1.82, 2.24) is 24.6 Å². The fourth-order valence-corrected chi connectivity index (χ4v) is 5.27. The van der Waals surface area contributed by atoms with Crippen LogP contribution in [-0.4, -0.2) is 64.7 Å². The van der Waals surface area contributed by atoms with Crippen LogP contribution in [0.5, 0.6) is 0 Å². The lowest BCUT2D eigenvalue weighted by Crippen LogP contribution is -2.34. The molecule has 1 aliphatic heterocycles. The monoisotopic (exact) mass is 531 g/mol. The Labute approximate surface area is 210 Å². The molecule has 1 unspecified atom stereocenters. The maximum atomic E-state index is 15.6. The van der Waals surface area contributed by atoms with Crippen LogP contribution in [0.4, 0.5) is 16.2 Å². The van der Waals surface area contributed by atoms with Crippen LogP contribution in [0.3, 0.4) is 0 Å². The fourth-order valence-electron chi connectivity index (χ4n) is 3.67. The topological polar surface area (TPSA) is 130 Å². The molecule has 0 aliphatic carbocycles. The number of esters is 1. The Morgan fingerprint density at radius 3 is 2.80 bits per heavy atom. The van der Waals surface area contributed by atoms with Gasteiger partial charge in [0.05, 0.1) is 12.9 Å². The molecule has 14 heteroatoms. The first-order valence-electron chi connectivity index (χ1n) is 11.3. The standard InChI is InChI=1S/C21H35FN7O4PS/c1-12-8-21(22,10-32-34(35)27-13(2)18(30)31-9-20(3,4)5)33-17(12)29-11-24-14-15(28(6)7)25-19(23)26-16(14)29/h11-13,17,34H,8-10H2,1-7H3,(H,27,35)(H2,23,25,26)/t12-,13+,17+,21-/m0/s1. The molecule has 5 atom stereocenters. The highest BCUT2D eigenvalue weighted by Gasteiger charge is 2.47. The number of nitrogen functional groups attached to an aromatic ring is 1. The van der Waals surface area contributed by atoms with Crippen molar-refractivity contribution in [1.29, 1.82) is 0 Å². The molecule has 0 amide bonds. The smallest absolute Gasteiger partial charge is 0.323 e. The Hall–Kier alpha value is -1.92. The number of rotatable bonds is 9. The van der Waals surface area contributed by atoms with Gasteiger partial charge in [-0.15, -0.1) is 0 Å². The number of fused-ring (bicyclic) bond motifs is 1. The summed E-state index contributed by atoms with van der Waals surface area (Å²) in [5, 5.41) is 2.90. The number of nitrogens with one attached hydrogen (secondary N) is 1. The average molecular weight is 532 g/mol. The summed E-state index contributed by atoms with van der Waals surface area (Å²) in [7, 11) is 1.55. The number of carbonyl (C=O) groups excluding carboxylic acids is 1. The molecule has 2 aromatic rings. The predicted molar refractivity (Wildman–Crippen MR) is 136 cm³/mol. The van der Waals surface area contributed by atoms with E-state index in [-0.39, 0.29) is 36.9 Å². The summed E-state index contributed by atoms with van der Waals surface area (Å²) in [5.41, 5.74) is 6.74. The van der Waals surface area contributed by atoms with Crippen molar-refractivity contribution in [2.45, 2.75) is 59.2 Å². The Kier molecular flexibility index (Phi) is 8.37. The van der Waals surface area contributed by atoms with Gasteiger partial charge in [0.1, 0.15) is 26.0 Å². The van der Waals surface area contributed by atoms with Gasteiger partial charge in [0.25, 0.3) is 0 Å². The number of ether oxygens (including phenoxy) is 2. The molecule has 0 spiro atoms. The molecule has 11 nitrogen and oxygen atoms in total. The number of hydrogen-bond donors (Lipinski definition) is 2. The van der Waals surface area contributed by atoms with Crippen LogP contribution in [-0.2, 0) is 30.6 Å². The van der Waals surface area contributed by atoms with E-state index >= 15 is 4.39 Å². The predicted octanol–water partition coefficient (Wildman–Crippen LogP) is 2.79. The molecule has 3 rings (SSSR count). The van der Waals surface area contributed by atoms with E-state index in [1.54, 1.807) is 22.7 Å². The molecule has 3 N–H and O–H groups in total. The number of imidazole rings is 1. The maximum absolute atomic E-state index is 15.6. The second-order valence-electron chi connectivity index (χ2n) is 10.3. The van der Waals surface area contributed by atoms with Gasteiger partial charge in [-0.3, -0.25) is 14.4 Å². The van der Waals surface area contributed by atoms with Crippen molar-refractivity contribution >= 4 is 47.8 Å². The Morgan fingerprint density at radius 2 is 2.17 bits per heavy atom. The Balaban J connectivity index is 1.63. The molecule has 1 aliphatic rings. The SMILES string of the molecule is C[C@@H](N[PH](=S)OC[C@]1(F)C[C@H](C)[C@H](n2cnc3c(N(C)C)nc(N)nc32)O1)C(=O)OCC(C)(C)C. The molecular formula is C21H35FN7O4PS. The molecule has 3 heterocycles. The molecule has 0 saturated carbocycles. The summed E-state index contributed by atoms with van der Waals surface area (Å²) in [6.07, 6.45) is 0.971. The van der Waals surface area contributed by atoms with Crippen molar-refractivity contribution < 1.29 is 23.2 Å². The minimum absolute atomic E-state index is 0.0861. The number of aromatic nitrogens is 4. The number of hydrogen-bond acceptors (Lipinski definition) is 10. The zero-order valence-corrected chi connectivity index (χ0v) is 23.0. The summed E-state index contributed by atoms with van der Waals surface area (Å²) >= 11 is 5.32. The number of nitrogens with two attached hydrogens (primary N) is 1. The zero-order chi connectivity index (χ0) is 26.1. The summed E-state index contributed by atoms with van der Waals surface area (Å²) < 4.78 is 33.9. The summed E-state index contributed by atoms with van der Waals surface area (Å²) in [6.45, 7) is 9.34. The van der Waals surface area contributed by atoms with Gasteiger partial charge in [0.2, 0.25) is 11.8 Å². The van der Waals surface area contributed by atoms with Gasteiger partial charge in [-0.2, -0.15) is 9.97 Å². The lowest BCUT2D eigenvalue weighted by atomic mass is 9.99. The molecule has 0 aromatic carbocycles. The van der Waals surface area contributed by atoms with E-state index in [4.69, 9.17) is 31.5 Å². The number of halogens is 1. The number of alkyl halides is 1. The van der Waals surface area contributed by atoms with Gasteiger partial charge < -0.3 is 24.6 Å². The number of carbonyl (C=O) groups is 1. The van der Waals surface area contributed by atoms with Gasteiger partial charge >= 0.3 is 5.97 Å². The normalized spacial score (nSPS) is 24.5. The lowest BCUT2D eigenvalue weighted by Gasteiger charge is -2.23. The van der Waals surface area contributed by atoms with Crippen LogP contribution in [0, 0.1) is 11.3 Å². The summed E-state index contributed by atoms with van der Waals surface area (Å²) in [4.78, 5) is 26.9. The van der Waals surface area contributed by atoms with Gasteiger partial charge in [-0.05, 0) is 12.3 Å². The van der Waals surface area contributed by atoms with Crippen LogP contribution >= 0.6 is 7.07 Å². The third kappa shape index (κ3) is 6.85. The van der Waals surface area contributed by atoms with Gasteiger partial charge in [-0.25, -0.2) is 9.37 Å². The largest absolute Gasteiger partial charge is 0.464 e. The highest BCUT2D eigenvalue weighted by molar-refractivity contribution is 8.02. The van der Waals surface area contributed by atoms with E-state index in [1.807, 2.05) is 41.8 Å². The number of anilines is 2. The van der Waals surface area contributed by atoms with Crippen LogP contribution in [0.15, 0.2) is 6.33 Å². The van der Waals surface area contributed by atoms with Gasteiger partial charge in [-0.1, -0.05) is 39.5 Å². The third-order valence-electron chi connectivity index (χ3n) is 5.32. The first kappa shape index (κ1) is 27.7. The molecule has 35 heavy (non-hydrogen) atoms. The van der Waals surface area contributed by atoms with E-state index in [1.165, 1.54) is 0 Å². The Morgan fingerprint density at radius 1 is 1.49 bits per heavy atom. The first-order chi connectivity index (χ1) is 16.2. The van der Waals surface area contributed by atoms with Crippen molar-refractivity contribution in [3.05, 3.63) is 6.33 Å². The van der Waals surface area contributed by atoms with E-state index in [0.717, 1.165) is 0 Å². The quantitative estimate of drug-likeness (QED) is 0.366. The molecule has 2 aromatic heterocycles. The van der Waals surface area contributed by atoms with E-state index in [9.17, 15) is 4.79 Å². The molecule has 0 radical (unpaired) electrons. The zero-order valence-electron chi connectivity index (χ0n) is 21.2. The highest BCUT2D eigenvalue weighted by Crippen LogP contribution is 2.44. The van der Waals surface area contributed by atoms with Gasteiger partial charge in [0.15, 0.2) is 17.0 Å². The van der Waals surface area contributed by atoms with Crippen molar-refractivity contribution in [3.63, 3.8) is 0 Å². The molecule has 196 valence electrons. The summed E-state index contributed by atoms with van der Waals surface area (Å²) in [5.74, 6) is -2.05. The molecule has 1 fully saturated rings. The minimum atomic E-state index is -2.10. The molecule has 1 saturated heterocycles. The molecular weight excluding hydrogens is 496 g/mol. The summed E-state index contributed by atoms with van der Waals surface area (Å²) in [6, 6.07) is -0.663. The maximum Gasteiger partial charge on any atom is 0.323 e. The van der Waals surface area contributed by atoms with Crippen molar-refractivity contribution in [2.24, 2.45) is 11.3 Å². The van der Waals surface area contributed by atoms with Crippen LogP contribution in [0.1, 0.15) is 47.3 Å². The van der Waals surface area contributed by atoms with Crippen molar-refractivity contribution in [3.8, 4) is 0 Å². The highest BCUT2D eigenvalue weighted by atomic mass is 32.4. The second kappa shape index (κ2) is 10.6. The number of nitrogens with zero attached hydrogens (tertiary/aromatic N) is 5. The van der Waals surface area contributed by atoms with E-state index in [2.05, 4.69) is 20.0 Å². The Bertz CT molecular complexity index is 1100. The second-order valence-corrected chi connectivity index (χ2v) is 12.6. The molecule has 0 bridgehead atoms. The van der Waals surface area contributed by atoms with Gasteiger partial charge in [0, 0.05) is 26.4 Å². The lowest BCUT2D eigenvalue weighted by molar-refractivity contribution is -0.171. The average Bonchev–Trinajstić information content (AvgIpc) is 3.29. The minimum Gasteiger partial charge on any atom is -0.464 e. The van der Waals surface area contributed by atoms with Crippen LogP contribution < -0.4 is 15.7 Å². The van der Waals surface area contributed by atoms with Crippen LogP contribution in [0.2, 0.25) is 0 Å².